The number of rotatable bonds is 7. The highest BCUT2D eigenvalue weighted by Crippen LogP contribution is 2.12. The van der Waals surface area contributed by atoms with Gasteiger partial charge in [-0.25, -0.2) is 0 Å². The second-order valence-corrected chi connectivity index (χ2v) is 4.91. The van der Waals surface area contributed by atoms with E-state index in [1.807, 2.05) is 12.1 Å². The highest BCUT2D eigenvalue weighted by Gasteiger charge is 2.05. The van der Waals surface area contributed by atoms with E-state index in [4.69, 9.17) is 4.74 Å². The van der Waals surface area contributed by atoms with Gasteiger partial charge in [-0.05, 0) is 37.0 Å². The largest absolute Gasteiger partial charge is 0.494 e. The Morgan fingerprint density at radius 3 is 2.29 bits per heavy atom. The summed E-state index contributed by atoms with van der Waals surface area (Å²) >= 11 is 0. The fourth-order valence-corrected chi connectivity index (χ4v) is 1.44. The Morgan fingerprint density at radius 2 is 1.76 bits per heavy atom. The zero-order valence-electron chi connectivity index (χ0n) is 11.5. The molecule has 0 fully saturated rings. The van der Waals surface area contributed by atoms with Crippen LogP contribution in [0, 0.1) is 5.92 Å². The first-order valence-electron chi connectivity index (χ1n) is 6.58. The predicted molar refractivity (Wildman–Crippen MR) is 73.4 cm³/mol. The maximum absolute atomic E-state index is 5.55. The lowest BCUT2D eigenvalue weighted by atomic mass is 10.1. The van der Waals surface area contributed by atoms with Crippen molar-refractivity contribution in [2.45, 2.75) is 46.7 Å². The van der Waals surface area contributed by atoms with Crippen LogP contribution in [0.25, 0.3) is 0 Å². The van der Waals surface area contributed by atoms with Gasteiger partial charge in [0, 0.05) is 12.6 Å². The number of hydrogen-bond acceptors (Lipinski definition) is 2. The highest BCUT2D eigenvalue weighted by molar-refractivity contribution is 5.27. The van der Waals surface area contributed by atoms with E-state index < -0.39 is 0 Å². The summed E-state index contributed by atoms with van der Waals surface area (Å²) in [6.07, 6.45) is 1.05. The first-order valence-corrected chi connectivity index (χ1v) is 6.58. The molecule has 0 aromatic heterocycles. The van der Waals surface area contributed by atoms with Crippen molar-refractivity contribution in [1.82, 2.24) is 5.32 Å². The average Bonchev–Trinajstić information content (AvgIpc) is 2.34. The van der Waals surface area contributed by atoms with Gasteiger partial charge in [0.2, 0.25) is 0 Å². The zero-order chi connectivity index (χ0) is 12.7. The summed E-state index contributed by atoms with van der Waals surface area (Å²) in [5, 5.41) is 3.52. The van der Waals surface area contributed by atoms with Crippen LogP contribution in [0.3, 0.4) is 0 Å². The van der Waals surface area contributed by atoms with Crippen LogP contribution in [0.15, 0.2) is 24.3 Å². The van der Waals surface area contributed by atoms with Crippen molar-refractivity contribution in [2.75, 3.05) is 6.61 Å². The molecular weight excluding hydrogens is 210 g/mol. The summed E-state index contributed by atoms with van der Waals surface area (Å²) in [5.74, 6) is 1.63. The monoisotopic (exact) mass is 235 g/mol. The lowest BCUT2D eigenvalue weighted by molar-refractivity contribution is 0.317. The standard InChI is InChI=1S/C15H25NO/c1-5-10-17-15-8-6-14(7-9-15)11-16-13(4)12(2)3/h6-9,12-13,16H,5,10-11H2,1-4H3. The third kappa shape index (κ3) is 5.22. The summed E-state index contributed by atoms with van der Waals surface area (Å²) in [6, 6.07) is 8.90. The molecule has 1 aromatic carbocycles. The Labute approximate surface area is 105 Å². The molecule has 0 radical (unpaired) electrons. The Balaban J connectivity index is 2.40. The molecule has 1 rings (SSSR count). The van der Waals surface area contributed by atoms with Crippen molar-refractivity contribution >= 4 is 0 Å². The summed E-state index contributed by atoms with van der Waals surface area (Å²) in [5.41, 5.74) is 1.31. The fourth-order valence-electron chi connectivity index (χ4n) is 1.44. The lowest BCUT2D eigenvalue weighted by Gasteiger charge is -2.17. The Kier molecular flexibility index (Phi) is 6.06. The molecule has 2 heteroatoms. The minimum atomic E-state index is 0.547. The van der Waals surface area contributed by atoms with Gasteiger partial charge in [-0.2, -0.15) is 0 Å². The van der Waals surface area contributed by atoms with Crippen LogP contribution in [0.2, 0.25) is 0 Å². The minimum Gasteiger partial charge on any atom is -0.494 e. The zero-order valence-corrected chi connectivity index (χ0v) is 11.5. The smallest absolute Gasteiger partial charge is 0.119 e. The third-order valence-corrected chi connectivity index (χ3v) is 3.02. The number of hydrogen-bond donors (Lipinski definition) is 1. The Hall–Kier alpha value is -1.02. The van der Waals surface area contributed by atoms with Crippen LogP contribution in [0.1, 0.15) is 39.7 Å². The van der Waals surface area contributed by atoms with Crippen LogP contribution in [-0.4, -0.2) is 12.6 Å². The molecule has 1 aromatic rings. The molecular formula is C15H25NO. The molecule has 0 aliphatic heterocycles. The van der Waals surface area contributed by atoms with Crippen LogP contribution in [0.5, 0.6) is 5.75 Å². The second kappa shape index (κ2) is 7.33. The van der Waals surface area contributed by atoms with Gasteiger partial charge >= 0.3 is 0 Å². The minimum absolute atomic E-state index is 0.547. The van der Waals surface area contributed by atoms with Crippen molar-refractivity contribution in [3.05, 3.63) is 29.8 Å². The molecule has 0 aliphatic rings. The van der Waals surface area contributed by atoms with Gasteiger partial charge in [0.1, 0.15) is 5.75 Å². The molecule has 0 saturated carbocycles. The first kappa shape index (κ1) is 14.0. The van der Waals surface area contributed by atoms with Gasteiger partial charge in [0.05, 0.1) is 6.61 Å². The molecule has 0 amide bonds. The molecule has 0 spiro atoms. The summed E-state index contributed by atoms with van der Waals surface area (Å²) in [7, 11) is 0. The highest BCUT2D eigenvalue weighted by atomic mass is 16.5. The van der Waals surface area contributed by atoms with E-state index in [9.17, 15) is 0 Å². The Morgan fingerprint density at radius 1 is 1.12 bits per heavy atom. The van der Waals surface area contributed by atoms with E-state index in [1.165, 1.54) is 5.56 Å². The van der Waals surface area contributed by atoms with Crippen LogP contribution < -0.4 is 10.1 Å². The molecule has 17 heavy (non-hydrogen) atoms. The molecule has 0 heterocycles. The fraction of sp³-hybridized carbons (Fsp3) is 0.600. The molecule has 1 unspecified atom stereocenters. The van der Waals surface area contributed by atoms with Crippen LogP contribution in [-0.2, 0) is 6.54 Å². The second-order valence-electron chi connectivity index (χ2n) is 4.91. The van der Waals surface area contributed by atoms with Crippen molar-refractivity contribution in [2.24, 2.45) is 5.92 Å². The van der Waals surface area contributed by atoms with E-state index in [-0.39, 0.29) is 0 Å². The van der Waals surface area contributed by atoms with Crippen molar-refractivity contribution in [3.8, 4) is 5.75 Å². The summed E-state index contributed by atoms with van der Waals surface area (Å²) in [4.78, 5) is 0. The number of benzene rings is 1. The number of ether oxygens (including phenoxy) is 1. The lowest BCUT2D eigenvalue weighted by Crippen LogP contribution is -2.30. The van der Waals surface area contributed by atoms with E-state index in [1.54, 1.807) is 0 Å². The maximum atomic E-state index is 5.55. The van der Waals surface area contributed by atoms with E-state index in [2.05, 4.69) is 45.1 Å². The SMILES string of the molecule is CCCOc1ccc(CNC(C)C(C)C)cc1. The van der Waals surface area contributed by atoms with Crippen molar-refractivity contribution in [1.29, 1.82) is 0 Å². The molecule has 2 nitrogen and oxygen atoms in total. The molecule has 1 atom stereocenters. The average molecular weight is 235 g/mol. The van der Waals surface area contributed by atoms with E-state index >= 15 is 0 Å². The van der Waals surface area contributed by atoms with E-state index in [0.29, 0.717) is 12.0 Å². The predicted octanol–water partition coefficient (Wildman–Crippen LogP) is 3.61. The molecule has 0 saturated heterocycles. The topological polar surface area (TPSA) is 21.3 Å². The van der Waals surface area contributed by atoms with Gasteiger partial charge in [-0.15, -0.1) is 0 Å². The van der Waals surface area contributed by atoms with Gasteiger partial charge in [-0.3, -0.25) is 0 Å². The van der Waals surface area contributed by atoms with Crippen molar-refractivity contribution in [3.63, 3.8) is 0 Å². The summed E-state index contributed by atoms with van der Waals surface area (Å²) < 4.78 is 5.55. The van der Waals surface area contributed by atoms with Gasteiger partial charge in [0.15, 0.2) is 0 Å². The van der Waals surface area contributed by atoms with Crippen LogP contribution >= 0.6 is 0 Å². The van der Waals surface area contributed by atoms with Crippen molar-refractivity contribution < 1.29 is 4.74 Å². The van der Waals surface area contributed by atoms with Crippen LogP contribution in [0.4, 0.5) is 0 Å². The van der Waals surface area contributed by atoms with Gasteiger partial charge in [-0.1, -0.05) is 32.9 Å². The maximum Gasteiger partial charge on any atom is 0.119 e. The normalized spacial score (nSPS) is 12.8. The molecule has 0 aliphatic carbocycles. The van der Waals surface area contributed by atoms with Gasteiger partial charge in [0.25, 0.3) is 0 Å². The summed E-state index contributed by atoms with van der Waals surface area (Å²) in [6.45, 7) is 10.5. The quantitative estimate of drug-likeness (QED) is 0.779. The molecule has 96 valence electrons. The third-order valence-electron chi connectivity index (χ3n) is 3.02. The van der Waals surface area contributed by atoms with Gasteiger partial charge < -0.3 is 10.1 Å². The Bertz CT molecular complexity index is 305. The first-order chi connectivity index (χ1) is 8.13. The number of nitrogens with one attached hydrogen (secondary N) is 1. The van der Waals surface area contributed by atoms with E-state index in [0.717, 1.165) is 25.3 Å². The molecule has 1 N–H and O–H groups in total. The molecule has 0 bridgehead atoms.